The normalized spacial score (nSPS) is 9.95. The third-order valence-corrected chi connectivity index (χ3v) is 3.26. The van der Waals surface area contributed by atoms with E-state index in [-0.39, 0.29) is 0 Å². The molecule has 0 spiro atoms. The maximum atomic E-state index is 3.07. The van der Waals surface area contributed by atoms with Gasteiger partial charge in [-0.3, -0.25) is 0 Å². The molecule has 2 N–H and O–H groups in total. The molecular formula is C19H22N+. The highest BCUT2D eigenvalue weighted by atomic mass is 14.8. The van der Waals surface area contributed by atoms with Gasteiger partial charge in [-0.05, 0) is 32.9 Å². The van der Waals surface area contributed by atoms with E-state index in [4.69, 9.17) is 0 Å². The SMILES string of the molecule is CC#Cc1ccc(C[NH2+]Cc2cc(C)cc(C)c2)cc1. The second-order valence-corrected chi connectivity index (χ2v) is 5.26. The lowest BCUT2D eigenvalue weighted by Gasteiger charge is -2.05. The van der Waals surface area contributed by atoms with Crippen molar-refractivity contribution in [3.8, 4) is 11.8 Å². The molecule has 0 aromatic heterocycles. The second kappa shape index (κ2) is 6.93. The molecule has 0 amide bonds. The van der Waals surface area contributed by atoms with Crippen LogP contribution in [0.15, 0.2) is 42.5 Å². The minimum atomic E-state index is 1.01. The highest BCUT2D eigenvalue weighted by Crippen LogP contribution is 2.07. The lowest BCUT2D eigenvalue weighted by atomic mass is 10.1. The van der Waals surface area contributed by atoms with Gasteiger partial charge in [0.1, 0.15) is 13.1 Å². The van der Waals surface area contributed by atoms with E-state index in [1.807, 2.05) is 6.92 Å². The summed E-state index contributed by atoms with van der Waals surface area (Å²) in [6.45, 7) is 8.21. The van der Waals surface area contributed by atoms with Gasteiger partial charge in [-0.2, -0.15) is 0 Å². The predicted octanol–water partition coefficient (Wildman–Crippen LogP) is 2.94. The minimum absolute atomic E-state index is 1.01. The Morgan fingerprint density at radius 3 is 2.05 bits per heavy atom. The van der Waals surface area contributed by atoms with Gasteiger partial charge in [0.15, 0.2) is 0 Å². The van der Waals surface area contributed by atoms with Gasteiger partial charge in [0, 0.05) is 16.7 Å². The Kier molecular flexibility index (Phi) is 4.98. The molecule has 2 aromatic carbocycles. The van der Waals surface area contributed by atoms with Crippen molar-refractivity contribution in [3.05, 3.63) is 70.3 Å². The maximum absolute atomic E-state index is 3.07. The molecule has 0 saturated heterocycles. The summed E-state index contributed by atoms with van der Waals surface area (Å²) in [7, 11) is 0. The summed E-state index contributed by atoms with van der Waals surface area (Å²) in [4.78, 5) is 0. The Balaban J connectivity index is 1.90. The monoisotopic (exact) mass is 264 g/mol. The zero-order valence-corrected chi connectivity index (χ0v) is 12.5. The van der Waals surface area contributed by atoms with Crippen LogP contribution in [0.5, 0.6) is 0 Å². The van der Waals surface area contributed by atoms with Crippen LogP contribution in [0, 0.1) is 25.7 Å². The van der Waals surface area contributed by atoms with Crippen LogP contribution in [0.1, 0.15) is 34.7 Å². The van der Waals surface area contributed by atoms with E-state index >= 15 is 0 Å². The number of benzene rings is 2. The van der Waals surface area contributed by atoms with Gasteiger partial charge in [0.2, 0.25) is 0 Å². The van der Waals surface area contributed by atoms with Crippen molar-refractivity contribution in [1.29, 1.82) is 0 Å². The van der Waals surface area contributed by atoms with E-state index < -0.39 is 0 Å². The molecule has 0 fully saturated rings. The van der Waals surface area contributed by atoms with Gasteiger partial charge in [-0.15, -0.1) is 5.92 Å². The molecule has 20 heavy (non-hydrogen) atoms. The average molecular weight is 264 g/mol. The van der Waals surface area contributed by atoms with Gasteiger partial charge < -0.3 is 5.32 Å². The molecule has 1 heteroatoms. The molecule has 102 valence electrons. The zero-order valence-electron chi connectivity index (χ0n) is 12.5. The third-order valence-electron chi connectivity index (χ3n) is 3.26. The molecule has 2 aromatic rings. The van der Waals surface area contributed by atoms with Crippen LogP contribution in [0.2, 0.25) is 0 Å². The Bertz CT molecular complexity index is 607. The van der Waals surface area contributed by atoms with Crippen molar-refractivity contribution in [2.24, 2.45) is 0 Å². The molecular weight excluding hydrogens is 242 g/mol. The van der Waals surface area contributed by atoms with E-state index in [1.54, 1.807) is 0 Å². The van der Waals surface area contributed by atoms with Crippen LogP contribution in [-0.2, 0) is 13.1 Å². The zero-order chi connectivity index (χ0) is 14.4. The number of aryl methyl sites for hydroxylation is 2. The Morgan fingerprint density at radius 1 is 0.850 bits per heavy atom. The van der Waals surface area contributed by atoms with Crippen LogP contribution in [0.25, 0.3) is 0 Å². The summed E-state index contributed by atoms with van der Waals surface area (Å²) in [6, 6.07) is 15.3. The van der Waals surface area contributed by atoms with Gasteiger partial charge >= 0.3 is 0 Å². The fraction of sp³-hybridized carbons (Fsp3) is 0.263. The molecule has 0 saturated carbocycles. The fourth-order valence-corrected chi connectivity index (χ4v) is 2.46. The van der Waals surface area contributed by atoms with Crippen molar-refractivity contribution in [2.45, 2.75) is 33.9 Å². The third kappa shape index (κ3) is 4.26. The van der Waals surface area contributed by atoms with Crippen molar-refractivity contribution in [1.82, 2.24) is 0 Å². The molecule has 0 bridgehead atoms. The summed E-state index contributed by atoms with van der Waals surface area (Å²) in [5.41, 5.74) is 6.52. The molecule has 0 radical (unpaired) electrons. The standard InChI is InChI=1S/C19H21N/c1-4-5-17-6-8-18(9-7-17)13-20-14-19-11-15(2)10-16(3)12-19/h6-12,20H,13-14H2,1-3H3/p+1. The van der Waals surface area contributed by atoms with E-state index in [0.29, 0.717) is 0 Å². The van der Waals surface area contributed by atoms with Crippen LogP contribution < -0.4 is 5.32 Å². The van der Waals surface area contributed by atoms with Gasteiger partial charge in [0.25, 0.3) is 0 Å². The van der Waals surface area contributed by atoms with Crippen LogP contribution >= 0.6 is 0 Å². The van der Waals surface area contributed by atoms with E-state index in [1.165, 1.54) is 22.3 Å². The summed E-state index contributed by atoms with van der Waals surface area (Å²) < 4.78 is 0. The van der Waals surface area contributed by atoms with E-state index in [9.17, 15) is 0 Å². The number of quaternary nitrogens is 1. The predicted molar refractivity (Wildman–Crippen MR) is 84.2 cm³/mol. The lowest BCUT2D eigenvalue weighted by molar-refractivity contribution is -0.686. The lowest BCUT2D eigenvalue weighted by Crippen LogP contribution is -2.80. The molecule has 0 aliphatic rings. The smallest absolute Gasteiger partial charge is 0.102 e. The first kappa shape index (κ1) is 14.4. The molecule has 0 aliphatic carbocycles. The quantitative estimate of drug-likeness (QED) is 0.818. The summed E-state index contributed by atoms with van der Waals surface area (Å²) in [5, 5.41) is 2.34. The Hall–Kier alpha value is -2.04. The van der Waals surface area contributed by atoms with Crippen LogP contribution in [-0.4, -0.2) is 0 Å². The van der Waals surface area contributed by atoms with Crippen molar-refractivity contribution < 1.29 is 5.32 Å². The van der Waals surface area contributed by atoms with Crippen LogP contribution in [0.3, 0.4) is 0 Å². The second-order valence-electron chi connectivity index (χ2n) is 5.26. The molecule has 0 unspecified atom stereocenters. The fourth-order valence-electron chi connectivity index (χ4n) is 2.46. The molecule has 2 rings (SSSR count). The van der Waals surface area contributed by atoms with E-state index in [0.717, 1.165) is 18.7 Å². The summed E-state index contributed by atoms with van der Waals surface area (Å²) in [6.07, 6.45) is 0. The first-order valence-corrected chi connectivity index (χ1v) is 7.08. The molecule has 0 atom stereocenters. The molecule has 1 nitrogen and oxygen atoms in total. The highest BCUT2D eigenvalue weighted by molar-refractivity contribution is 5.35. The average Bonchev–Trinajstić information content (AvgIpc) is 2.40. The topological polar surface area (TPSA) is 16.6 Å². The molecule has 0 aliphatic heterocycles. The van der Waals surface area contributed by atoms with Crippen molar-refractivity contribution >= 4 is 0 Å². The first-order chi connectivity index (χ1) is 9.67. The number of hydrogen-bond acceptors (Lipinski definition) is 0. The van der Waals surface area contributed by atoms with Gasteiger partial charge in [-0.25, -0.2) is 0 Å². The van der Waals surface area contributed by atoms with Gasteiger partial charge in [0.05, 0.1) is 0 Å². The number of hydrogen-bond donors (Lipinski definition) is 1. The first-order valence-electron chi connectivity index (χ1n) is 7.08. The highest BCUT2D eigenvalue weighted by Gasteiger charge is 2.00. The Labute approximate surface area is 122 Å². The Morgan fingerprint density at radius 2 is 1.45 bits per heavy atom. The van der Waals surface area contributed by atoms with E-state index in [2.05, 4.69) is 73.5 Å². The molecule has 0 heterocycles. The summed E-state index contributed by atoms with van der Waals surface area (Å²) in [5.74, 6) is 5.99. The van der Waals surface area contributed by atoms with Gasteiger partial charge in [-0.1, -0.05) is 47.4 Å². The van der Waals surface area contributed by atoms with Crippen molar-refractivity contribution in [3.63, 3.8) is 0 Å². The number of nitrogens with two attached hydrogens (primary N) is 1. The largest absolute Gasteiger partial charge is 0.339 e. The minimum Gasteiger partial charge on any atom is -0.339 e. The summed E-state index contributed by atoms with van der Waals surface area (Å²) >= 11 is 0. The van der Waals surface area contributed by atoms with Crippen molar-refractivity contribution in [2.75, 3.05) is 0 Å². The maximum Gasteiger partial charge on any atom is 0.102 e. The number of rotatable bonds is 4. The van der Waals surface area contributed by atoms with Crippen LogP contribution in [0.4, 0.5) is 0 Å².